The summed E-state index contributed by atoms with van der Waals surface area (Å²) in [5.74, 6) is 0.674. The molecule has 0 aliphatic heterocycles. The highest BCUT2D eigenvalue weighted by Gasteiger charge is 2.12. The van der Waals surface area contributed by atoms with Crippen molar-refractivity contribution in [2.24, 2.45) is 4.99 Å². The van der Waals surface area contributed by atoms with Crippen LogP contribution in [-0.2, 0) is 6.54 Å². The summed E-state index contributed by atoms with van der Waals surface area (Å²) in [6.45, 7) is 3.66. The molecule has 2 aromatic heterocycles. The van der Waals surface area contributed by atoms with Crippen molar-refractivity contribution in [2.75, 3.05) is 13.1 Å². The summed E-state index contributed by atoms with van der Waals surface area (Å²) in [5, 5.41) is 22.6. The Bertz CT molecular complexity index is 1090. The van der Waals surface area contributed by atoms with Gasteiger partial charge in [-0.3, -0.25) is 0 Å². The van der Waals surface area contributed by atoms with E-state index in [-0.39, 0.29) is 24.0 Å². The average Bonchev–Trinajstić information content (AvgIpc) is 3.45. The molecule has 8 heteroatoms. The molecule has 0 amide bonds. The van der Waals surface area contributed by atoms with Crippen LogP contribution in [0.15, 0.2) is 78.0 Å². The molecule has 4 rings (SSSR count). The first-order valence-corrected chi connectivity index (χ1v) is 10.8. The van der Waals surface area contributed by atoms with Crippen molar-refractivity contribution in [1.29, 1.82) is 0 Å². The molecule has 0 aliphatic rings. The molecule has 2 heterocycles. The molecule has 3 N–H and O–H groups in total. The summed E-state index contributed by atoms with van der Waals surface area (Å²) in [5.41, 5.74) is 2.08. The van der Waals surface area contributed by atoms with Crippen LogP contribution in [-0.4, -0.2) is 33.9 Å². The molecule has 162 valence electrons. The average molecular weight is 547 g/mol. The van der Waals surface area contributed by atoms with Crippen molar-refractivity contribution < 1.29 is 5.11 Å². The van der Waals surface area contributed by atoms with E-state index in [4.69, 9.17) is 4.99 Å². The zero-order valence-corrected chi connectivity index (χ0v) is 20.4. The van der Waals surface area contributed by atoms with E-state index in [0.717, 1.165) is 28.1 Å². The number of aliphatic imine (C=N–C) groups is 1. The van der Waals surface area contributed by atoms with Gasteiger partial charge in [0.25, 0.3) is 0 Å². The molecular weight excluding hydrogens is 521 g/mol. The summed E-state index contributed by atoms with van der Waals surface area (Å²) < 4.78 is 3.03. The standard InChI is InChI=1S/C23H25N5OS.HI/c1-2-24-23(25-15-18-9-3-5-10-19(18)28-13-7-12-27-28)26-16-20(29)22-14-17-8-4-6-11-21(17)30-22;/h3-14,20,29H,2,15-16H2,1H3,(H2,24,25,26);1H. The minimum absolute atomic E-state index is 0. The molecule has 0 bridgehead atoms. The Morgan fingerprint density at radius 2 is 1.94 bits per heavy atom. The Kier molecular flexibility index (Phi) is 8.44. The van der Waals surface area contributed by atoms with E-state index in [1.165, 1.54) is 4.70 Å². The van der Waals surface area contributed by atoms with Crippen LogP contribution in [0.5, 0.6) is 0 Å². The van der Waals surface area contributed by atoms with Crippen LogP contribution in [0.3, 0.4) is 0 Å². The van der Waals surface area contributed by atoms with Crippen molar-refractivity contribution in [2.45, 2.75) is 19.6 Å². The predicted octanol–water partition coefficient (Wildman–Crippen LogP) is 4.49. The minimum atomic E-state index is -0.595. The highest BCUT2D eigenvalue weighted by Crippen LogP contribution is 2.29. The molecule has 0 spiro atoms. The van der Waals surface area contributed by atoms with E-state index in [2.05, 4.69) is 40.0 Å². The van der Waals surface area contributed by atoms with Gasteiger partial charge in [0.05, 0.1) is 12.2 Å². The van der Waals surface area contributed by atoms with E-state index < -0.39 is 6.10 Å². The summed E-state index contributed by atoms with van der Waals surface area (Å²) in [4.78, 5) is 5.66. The monoisotopic (exact) mass is 547 g/mol. The smallest absolute Gasteiger partial charge is 0.191 e. The summed E-state index contributed by atoms with van der Waals surface area (Å²) >= 11 is 1.62. The SMILES string of the molecule is CCNC(=NCc1ccccc1-n1cccn1)NCC(O)c1cc2ccccc2s1.I. The van der Waals surface area contributed by atoms with Gasteiger partial charge in [0.15, 0.2) is 5.96 Å². The van der Waals surface area contributed by atoms with Crippen molar-refractivity contribution in [3.8, 4) is 5.69 Å². The number of aliphatic hydroxyl groups excluding tert-OH is 1. The second-order valence-corrected chi connectivity index (χ2v) is 7.97. The van der Waals surface area contributed by atoms with Gasteiger partial charge in [-0.05, 0) is 42.1 Å². The van der Waals surface area contributed by atoms with Gasteiger partial charge < -0.3 is 15.7 Å². The van der Waals surface area contributed by atoms with Gasteiger partial charge in [-0.1, -0.05) is 36.4 Å². The number of nitrogens with one attached hydrogen (secondary N) is 2. The lowest BCUT2D eigenvalue weighted by Crippen LogP contribution is -2.39. The van der Waals surface area contributed by atoms with Crippen LogP contribution in [0.1, 0.15) is 23.5 Å². The molecular formula is C23H26IN5OS. The molecule has 31 heavy (non-hydrogen) atoms. The number of rotatable bonds is 7. The lowest BCUT2D eigenvalue weighted by Gasteiger charge is -2.15. The van der Waals surface area contributed by atoms with Gasteiger partial charge in [0, 0.05) is 35.1 Å². The fourth-order valence-corrected chi connectivity index (χ4v) is 4.30. The van der Waals surface area contributed by atoms with Crippen LogP contribution in [0, 0.1) is 0 Å². The molecule has 2 aromatic carbocycles. The number of hydrogen-bond acceptors (Lipinski definition) is 4. The lowest BCUT2D eigenvalue weighted by atomic mass is 10.2. The normalized spacial score (nSPS) is 12.4. The van der Waals surface area contributed by atoms with Crippen LogP contribution < -0.4 is 10.6 Å². The molecule has 1 unspecified atom stereocenters. The highest BCUT2D eigenvalue weighted by atomic mass is 127. The quantitative estimate of drug-likeness (QED) is 0.181. The van der Waals surface area contributed by atoms with Crippen molar-refractivity contribution >= 4 is 51.4 Å². The Morgan fingerprint density at radius 1 is 1.13 bits per heavy atom. The van der Waals surface area contributed by atoms with E-state index in [9.17, 15) is 5.11 Å². The second-order valence-electron chi connectivity index (χ2n) is 6.86. The van der Waals surface area contributed by atoms with Crippen LogP contribution in [0.25, 0.3) is 15.8 Å². The third kappa shape index (κ3) is 5.84. The van der Waals surface area contributed by atoms with Gasteiger partial charge in [-0.15, -0.1) is 35.3 Å². The molecule has 0 saturated carbocycles. The first-order chi connectivity index (χ1) is 14.7. The number of halogens is 1. The number of fused-ring (bicyclic) bond motifs is 1. The molecule has 1 atom stereocenters. The Balaban J connectivity index is 0.00000272. The molecule has 0 radical (unpaired) electrons. The first kappa shape index (κ1) is 23.2. The number of hydrogen-bond donors (Lipinski definition) is 3. The third-order valence-corrected chi connectivity index (χ3v) is 5.95. The number of benzene rings is 2. The van der Waals surface area contributed by atoms with E-state index in [1.807, 2.05) is 54.2 Å². The largest absolute Gasteiger partial charge is 0.386 e. The minimum Gasteiger partial charge on any atom is -0.386 e. The zero-order valence-electron chi connectivity index (χ0n) is 17.2. The Hall–Kier alpha value is -2.43. The Morgan fingerprint density at radius 3 is 2.71 bits per heavy atom. The number of aliphatic hydroxyl groups is 1. The summed E-state index contributed by atoms with van der Waals surface area (Å²) in [7, 11) is 0. The molecule has 6 nitrogen and oxygen atoms in total. The zero-order chi connectivity index (χ0) is 20.8. The molecule has 0 aliphatic carbocycles. The maximum absolute atomic E-state index is 10.6. The van der Waals surface area contributed by atoms with Crippen LogP contribution in [0.4, 0.5) is 0 Å². The van der Waals surface area contributed by atoms with Crippen molar-refractivity contribution in [3.05, 3.63) is 83.5 Å². The van der Waals surface area contributed by atoms with Gasteiger partial charge in [-0.25, -0.2) is 9.67 Å². The van der Waals surface area contributed by atoms with E-state index in [1.54, 1.807) is 17.5 Å². The number of thiophene rings is 1. The second kappa shape index (κ2) is 11.3. The molecule has 4 aromatic rings. The van der Waals surface area contributed by atoms with Crippen LogP contribution >= 0.6 is 35.3 Å². The van der Waals surface area contributed by atoms with Gasteiger partial charge >= 0.3 is 0 Å². The maximum atomic E-state index is 10.6. The topological polar surface area (TPSA) is 74.5 Å². The summed E-state index contributed by atoms with van der Waals surface area (Å²) in [6.07, 6.45) is 3.09. The lowest BCUT2D eigenvalue weighted by molar-refractivity contribution is 0.184. The fraction of sp³-hybridized carbons (Fsp3) is 0.217. The van der Waals surface area contributed by atoms with Crippen LogP contribution in [0.2, 0.25) is 0 Å². The van der Waals surface area contributed by atoms with Crippen molar-refractivity contribution in [3.63, 3.8) is 0 Å². The number of guanidine groups is 1. The number of para-hydroxylation sites is 1. The van der Waals surface area contributed by atoms with Crippen molar-refractivity contribution in [1.82, 2.24) is 20.4 Å². The highest BCUT2D eigenvalue weighted by molar-refractivity contribution is 14.0. The number of aromatic nitrogens is 2. The van der Waals surface area contributed by atoms with Gasteiger partial charge in [-0.2, -0.15) is 5.10 Å². The first-order valence-electron chi connectivity index (χ1n) is 10.0. The van der Waals surface area contributed by atoms with Gasteiger partial charge in [0.1, 0.15) is 6.10 Å². The summed E-state index contributed by atoms with van der Waals surface area (Å²) in [6, 6.07) is 20.2. The predicted molar refractivity (Wildman–Crippen MR) is 139 cm³/mol. The fourth-order valence-electron chi connectivity index (χ4n) is 3.25. The van der Waals surface area contributed by atoms with Gasteiger partial charge in [0.2, 0.25) is 0 Å². The van der Waals surface area contributed by atoms with E-state index in [0.29, 0.717) is 19.0 Å². The Labute approximate surface area is 203 Å². The molecule has 0 fully saturated rings. The third-order valence-electron chi connectivity index (χ3n) is 4.73. The molecule has 0 saturated heterocycles. The number of nitrogens with zero attached hydrogens (tertiary/aromatic N) is 3. The maximum Gasteiger partial charge on any atom is 0.191 e. The van der Waals surface area contributed by atoms with E-state index >= 15 is 0 Å².